The summed E-state index contributed by atoms with van der Waals surface area (Å²) in [7, 11) is 3.42. The second-order valence-electron chi connectivity index (χ2n) is 6.44. The van der Waals surface area contributed by atoms with E-state index in [0.717, 1.165) is 29.4 Å². The van der Waals surface area contributed by atoms with Gasteiger partial charge in [-0.15, -0.1) is 17.5 Å². The molecule has 1 heterocycles. The van der Waals surface area contributed by atoms with Gasteiger partial charge in [-0.2, -0.15) is 0 Å². The molecule has 0 aliphatic carbocycles. The molecular formula is C20H24Cl2FN5O2S. The number of tetrazole rings is 1. The van der Waals surface area contributed by atoms with Gasteiger partial charge in [0.2, 0.25) is 5.16 Å². The van der Waals surface area contributed by atoms with Crippen LogP contribution >= 0.6 is 35.8 Å². The van der Waals surface area contributed by atoms with Crippen molar-refractivity contribution in [2.24, 2.45) is 7.05 Å². The Morgan fingerprint density at radius 3 is 2.77 bits per heavy atom. The summed E-state index contributed by atoms with van der Waals surface area (Å²) in [6, 6.07) is 10.0. The van der Waals surface area contributed by atoms with Crippen LogP contribution in [0.25, 0.3) is 0 Å². The molecule has 7 nitrogen and oxygen atoms in total. The summed E-state index contributed by atoms with van der Waals surface area (Å²) in [5.74, 6) is 1.82. The van der Waals surface area contributed by atoms with E-state index in [-0.39, 0.29) is 24.8 Å². The van der Waals surface area contributed by atoms with E-state index in [1.807, 2.05) is 25.2 Å². The summed E-state index contributed by atoms with van der Waals surface area (Å²) in [6.07, 6.45) is 0.961. The monoisotopic (exact) mass is 487 g/mol. The molecule has 0 unspecified atom stereocenters. The van der Waals surface area contributed by atoms with Crippen LogP contribution in [-0.2, 0) is 20.2 Å². The molecule has 0 bridgehead atoms. The molecule has 3 aromatic rings. The average molecular weight is 488 g/mol. The van der Waals surface area contributed by atoms with E-state index in [4.69, 9.17) is 21.1 Å². The van der Waals surface area contributed by atoms with Crippen LogP contribution in [0.3, 0.4) is 0 Å². The molecule has 0 amide bonds. The molecule has 3 rings (SSSR count). The first kappa shape index (κ1) is 25.2. The largest absolute Gasteiger partial charge is 0.493 e. The number of rotatable bonds is 11. The average Bonchev–Trinajstić information content (AvgIpc) is 3.15. The smallest absolute Gasteiger partial charge is 0.209 e. The Morgan fingerprint density at radius 2 is 2.06 bits per heavy atom. The molecular weight excluding hydrogens is 464 g/mol. The number of methoxy groups -OCH3 is 1. The zero-order chi connectivity index (χ0) is 21.3. The topological polar surface area (TPSA) is 74.1 Å². The molecule has 0 saturated heterocycles. The van der Waals surface area contributed by atoms with Crippen LogP contribution in [0.2, 0.25) is 5.02 Å². The predicted octanol–water partition coefficient (Wildman–Crippen LogP) is 4.28. The van der Waals surface area contributed by atoms with Gasteiger partial charge in [-0.05, 0) is 41.6 Å². The van der Waals surface area contributed by atoms with E-state index in [0.29, 0.717) is 28.6 Å². The zero-order valence-electron chi connectivity index (χ0n) is 17.2. The van der Waals surface area contributed by atoms with Crippen molar-refractivity contribution in [1.82, 2.24) is 25.5 Å². The number of hydrogen-bond donors (Lipinski definition) is 1. The Kier molecular flexibility index (Phi) is 10.3. The minimum absolute atomic E-state index is 0. The molecule has 0 saturated carbocycles. The number of hydrogen-bond acceptors (Lipinski definition) is 7. The molecule has 11 heteroatoms. The zero-order valence-corrected chi connectivity index (χ0v) is 19.6. The quantitative estimate of drug-likeness (QED) is 0.319. The first-order chi connectivity index (χ1) is 14.6. The standard InChI is InChI=1S/C20H23ClFN5O2S.ClH/c1-27-20(24-25-26-27)30-10-4-9-23-12-14-5-3-6-18(28-2)19(14)29-13-15-7-8-16(22)11-17(15)21;/h3,5-8,11,23H,4,9-10,12-13H2,1-2H3;1H. The highest BCUT2D eigenvalue weighted by Crippen LogP contribution is 2.32. The van der Waals surface area contributed by atoms with E-state index >= 15 is 0 Å². The maximum absolute atomic E-state index is 13.3. The second kappa shape index (κ2) is 12.7. The summed E-state index contributed by atoms with van der Waals surface area (Å²) in [5, 5.41) is 15.9. The SMILES string of the molecule is COc1cccc(CNCCCSc2nnnn2C)c1OCc1ccc(F)cc1Cl.Cl. The molecule has 0 spiro atoms. The number of halogens is 3. The van der Waals surface area contributed by atoms with Crippen LogP contribution in [0.4, 0.5) is 4.39 Å². The Morgan fingerprint density at radius 1 is 1.23 bits per heavy atom. The van der Waals surface area contributed by atoms with Crippen molar-refractivity contribution in [3.63, 3.8) is 0 Å². The number of aromatic nitrogens is 4. The fraction of sp³-hybridized carbons (Fsp3) is 0.350. The normalized spacial score (nSPS) is 10.6. The molecule has 2 aromatic carbocycles. The number of benzene rings is 2. The third-order valence-corrected chi connectivity index (χ3v) is 5.74. The molecule has 0 atom stereocenters. The number of thioether (sulfide) groups is 1. The van der Waals surface area contributed by atoms with E-state index < -0.39 is 0 Å². The lowest BCUT2D eigenvalue weighted by Gasteiger charge is -2.16. The summed E-state index contributed by atoms with van der Waals surface area (Å²) in [5.41, 5.74) is 1.68. The fourth-order valence-corrected chi connectivity index (χ4v) is 3.75. The molecule has 31 heavy (non-hydrogen) atoms. The maximum atomic E-state index is 13.3. The molecule has 0 aliphatic rings. The lowest BCUT2D eigenvalue weighted by Crippen LogP contribution is -2.16. The van der Waals surface area contributed by atoms with Gasteiger partial charge in [0.1, 0.15) is 12.4 Å². The van der Waals surface area contributed by atoms with Crippen LogP contribution in [0, 0.1) is 5.82 Å². The third-order valence-electron chi connectivity index (χ3n) is 4.29. The molecule has 168 valence electrons. The number of ether oxygens (including phenoxy) is 2. The van der Waals surface area contributed by atoms with Crippen molar-refractivity contribution in [1.29, 1.82) is 0 Å². The first-order valence-corrected chi connectivity index (χ1v) is 10.7. The van der Waals surface area contributed by atoms with Gasteiger partial charge >= 0.3 is 0 Å². The Hall–Kier alpha value is -2.07. The minimum atomic E-state index is -0.375. The number of para-hydroxylation sites is 1. The molecule has 0 radical (unpaired) electrons. The van der Waals surface area contributed by atoms with Crippen molar-refractivity contribution in [2.45, 2.75) is 24.7 Å². The van der Waals surface area contributed by atoms with Crippen molar-refractivity contribution in [3.05, 3.63) is 58.4 Å². The minimum Gasteiger partial charge on any atom is -0.493 e. The van der Waals surface area contributed by atoms with Crippen LogP contribution in [0.15, 0.2) is 41.6 Å². The highest BCUT2D eigenvalue weighted by Gasteiger charge is 2.12. The van der Waals surface area contributed by atoms with Gasteiger partial charge in [-0.3, -0.25) is 0 Å². The highest BCUT2D eigenvalue weighted by atomic mass is 35.5. The van der Waals surface area contributed by atoms with E-state index in [2.05, 4.69) is 20.8 Å². The molecule has 1 N–H and O–H groups in total. The van der Waals surface area contributed by atoms with Crippen LogP contribution in [0.1, 0.15) is 17.5 Å². The predicted molar refractivity (Wildman–Crippen MR) is 122 cm³/mol. The molecule has 0 fully saturated rings. The lowest BCUT2D eigenvalue weighted by molar-refractivity contribution is 0.280. The number of nitrogens with zero attached hydrogens (tertiary/aromatic N) is 4. The summed E-state index contributed by atoms with van der Waals surface area (Å²) < 4.78 is 26.4. The fourth-order valence-electron chi connectivity index (χ4n) is 2.74. The van der Waals surface area contributed by atoms with Crippen molar-refractivity contribution in [2.75, 3.05) is 19.4 Å². The van der Waals surface area contributed by atoms with Crippen molar-refractivity contribution >= 4 is 35.8 Å². The Bertz CT molecular complexity index is 976. The van der Waals surface area contributed by atoms with Crippen LogP contribution < -0.4 is 14.8 Å². The number of aryl methyl sites for hydroxylation is 1. The maximum Gasteiger partial charge on any atom is 0.209 e. The van der Waals surface area contributed by atoms with Crippen LogP contribution in [-0.4, -0.2) is 39.6 Å². The molecule has 1 aromatic heterocycles. The highest BCUT2D eigenvalue weighted by molar-refractivity contribution is 7.99. The van der Waals surface area contributed by atoms with Gasteiger partial charge in [-0.25, -0.2) is 9.07 Å². The first-order valence-electron chi connectivity index (χ1n) is 9.37. The van der Waals surface area contributed by atoms with Gasteiger partial charge in [0.25, 0.3) is 0 Å². The van der Waals surface area contributed by atoms with Gasteiger partial charge in [-0.1, -0.05) is 41.6 Å². The van der Waals surface area contributed by atoms with E-state index in [9.17, 15) is 4.39 Å². The lowest BCUT2D eigenvalue weighted by atomic mass is 10.1. The van der Waals surface area contributed by atoms with Crippen LogP contribution in [0.5, 0.6) is 11.5 Å². The van der Waals surface area contributed by atoms with Gasteiger partial charge in [0, 0.05) is 30.5 Å². The molecule has 0 aliphatic heterocycles. The van der Waals surface area contributed by atoms with Gasteiger partial charge in [0.05, 0.1) is 12.1 Å². The summed E-state index contributed by atoms with van der Waals surface area (Å²) in [6.45, 7) is 1.67. The Labute approximate surface area is 196 Å². The van der Waals surface area contributed by atoms with Gasteiger partial charge in [0.15, 0.2) is 11.5 Å². The van der Waals surface area contributed by atoms with Gasteiger partial charge < -0.3 is 14.8 Å². The van der Waals surface area contributed by atoms with Crippen molar-refractivity contribution < 1.29 is 13.9 Å². The summed E-state index contributed by atoms with van der Waals surface area (Å²) in [4.78, 5) is 0. The van der Waals surface area contributed by atoms with E-state index in [1.165, 1.54) is 12.1 Å². The van der Waals surface area contributed by atoms with Crippen molar-refractivity contribution in [3.8, 4) is 11.5 Å². The number of nitrogens with one attached hydrogen (secondary N) is 1. The van der Waals surface area contributed by atoms with E-state index in [1.54, 1.807) is 29.6 Å². The second-order valence-corrected chi connectivity index (χ2v) is 7.91. The Balaban J connectivity index is 0.00000341. The third kappa shape index (κ3) is 7.24. The summed E-state index contributed by atoms with van der Waals surface area (Å²) >= 11 is 7.73.